The second-order valence-electron chi connectivity index (χ2n) is 4.25. The molecule has 18 heavy (non-hydrogen) atoms. The highest BCUT2D eigenvalue weighted by molar-refractivity contribution is 7.71. The standard InChI is InChI=1S/C13H12ClN3S/c14-10-4-2-1-3-8(10)12-16-11-5-6-15-7-9(11)13(18)17-12/h1-4,15H,5-7H2,(H,16,17,18). The van der Waals surface area contributed by atoms with Gasteiger partial charge in [-0.15, -0.1) is 0 Å². The number of benzene rings is 1. The highest BCUT2D eigenvalue weighted by Gasteiger charge is 2.14. The maximum atomic E-state index is 6.19. The summed E-state index contributed by atoms with van der Waals surface area (Å²) in [6.45, 7) is 1.75. The molecule has 3 rings (SSSR count). The normalized spacial score (nSPS) is 14.3. The Balaban J connectivity index is 2.17. The maximum absolute atomic E-state index is 6.19. The van der Waals surface area contributed by atoms with E-state index in [2.05, 4.69) is 15.3 Å². The molecule has 3 nitrogen and oxygen atoms in total. The van der Waals surface area contributed by atoms with Crippen molar-refractivity contribution < 1.29 is 0 Å². The van der Waals surface area contributed by atoms with E-state index in [1.54, 1.807) is 0 Å². The number of nitrogens with zero attached hydrogens (tertiary/aromatic N) is 1. The van der Waals surface area contributed by atoms with E-state index in [1.807, 2.05) is 24.3 Å². The van der Waals surface area contributed by atoms with Gasteiger partial charge in [0.15, 0.2) is 0 Å². The number of aromatic amines is 1. The zero-order chi connectivity index (χ0) is 12.5. The van der Waals surface area contributed by atoms with E-state index in [4.69, 9.17) is 23.8 Å². The smallest absolute Gasteiger partial charge is 0.140 e. The van der Waals surface area contributed by atoms with E-state index >= 15 is 0 Å². The van der Waals surface area contributed by atoms with Crippen molar-refractivity contribution in [3.05, 3.63) is 45.2 Å². The Morgan fingerprint density at radius 1 is 1.28 bits per heavy atom. The van der Waals surface area contributed by atoms with Crippen molar-refractivity contribution in [3.8, 4) is 11.4 Å². The Morgan fingerprint density at radius 3 is 2.94 bits per heavy atom. The summed E-state index contributed by atoms with van der Waals surface area (Å²) in [6.07, 6.45) is 0.943. The average molecular weight is 278 g/mol. The van der Waals surface area contributed by atoms with Gasteiger partial charge in [-0.1, -0.05) is 36.0 Å². The number of nitrogens with one attached hydrogen (secondary N) is 2. The van der Waals surface area contributed by atoms with Crippen molar-refractivity contribution in [1.29, 1.82) is 0 Å². The first kappa shape index (κ1) is 11.8. The van der Waals surface area contributed by atoms with Crippen molar-refractivity contribution in [1.82, 2.24) is 15.3 Å². The molecule has 0 bridgehead atoms. The number of hydrogen-bond donors (Lipinski definition) is 2. The molecule has 0 unspecified atom stereocenters. The highest BCUT2D eigenvalue weighted by atomic mass is 35.5. The fraction of sp³-hybridized carbons (Fsp3) is 0.231. The number of hydrogen-bond acceptors (Lipinski definition) is 3. The molecule has 1 aliphatic heterocycles. The Bertz CT molecular complexity index is 651. The van der Waals surface area contributed by atoms with Gasteiger partial charge in [-0.2, -0.15) is 0 Å². The molecule has 0 fully saturated rings. The highest BCUT2D eigenvalue weighted by Crippen LogP contribution is 2.26. The predicted molar refractivity (Wildman–Crippen MR) is 75.3 cm³/mol. The summed E-state index contributed by atoms with van der Waals surface area (Å²) in [7, 11) is 0. The van der Waals surface area contributed by atoms with Crippen LogP contribution in [0.4, 0.5) is 0 Å². The molecule has 92 valence electrons. The summed E-state index contributed by atoms with van der Waals surface area (Å²) in [6, 6.07) is 7.66. The van der Waals surface area contributed by atoms with Gasteiger partial charge in [0.2, 0.25) is 0 Å². The summed E-state index contributed by atoms with van der Waals surface area (Å²) in [5.74, 6) is 0.756. The molecule has 0 saturated heterocycles. The van der Waals surface area contributed by atoms with Gasteiger partial charge in [0.25, 0.3) is 0 Å². The molecule has 0 saturated carbocycles. The molecule has 0 radical (unpaired) electrons. The van der Waals surface area contributed by atoms with Crippen LogP contribution in [0, 0.1) is 4.64 Å². The Morgan fingerprint density at radius 2 is 2.11 bits per heavy atom. The van der Waals surface area contributed by atoms with E-state index in [1.165, 1.54) is 5.69 Å². The zero-order valence-corrected chi connectivity index (χ0v) is 11.2. The molecule has 1 aromatic carbocycles. The third-order valence-electron chi connectivity index (χ3n) is 3.09. The first-order chi connectivity index (χ1) is 8.75. The van der Waals surface area contributed by atoms with Crippen LogP contribution in [-0.4, -0.2) is 16.5 Å². The molecule has 0 amide bonds. The van der Waals surface area contributed by atoms with Crippen molar-refractivity contribution in [2.75, 3.05) is 6.54 Å². The van der Waals surface area contributed by atoms with E-state index in [9.17, 15) is 0 Å². The van der Waals surface area contributed by atoms with Crippen LogP contribution < -0.4 is 5.32 Å². The maximum Gasteiger partial charge on any atom is 0.140 e. The topological polar surface area (TPSA) is 40.7 Å². The van der Waals surface area contributed by atoms with Gasteiger partial charge in [-0.05, 0) is 12.1 Å². The number of rotatable bonds is 1. The first-order valence-corrected chi connectivity index (χ1v) is 6.62. The molecule has 5 heteroatoms. The predicted octanol–water partition coefficient (Wildman–Crippen LogP) is 3.11. The van der Waals surface area contributed by atoms with Gasteiger partial charge < -0.3 is 10.3 Å². The van der Waals surface area contributed by atoms with Gasteiger partial charge in [0.05, 0.1) is 5.02 Å². The Kier molecular flexibility index (Phi) is 3.16. The lowest BCUT2D eigenvalue weighted by molar-refractivity contribution is 0.624. The summed E-state index contributed by atoms with van der Waals surface area (Å²) < 4.78 is 0.658. The molecular formula is C13H12ClN3S. The van der Waals surface area contributed by atoms with Gasteiger partial charge in [-0.25, -0.2) is 4.98 Å². The molecule has 1 aromatic heterocycles. The van der Waals surface area contributed by atoms with Crippen LogP contribution in [0.1, 0.15) is 11.3 Å². The van der Waals surface area contributed by atoms with Gasteiger partial charge in [-0.3, -0.25) is 0 Å². The molecule has 0 aliphatic carbocycles. The molecule has 2 N–H and O–H groups in total. The zero-order valence-electron chi connectivity index (χ0n) is 9.66. The van der Waals surface area contributed by atoms with Crippen LogP contribution in [0.2, 0.25) is 5.02 Å². The van der Waals surface area contributed by atoms with E-state index in [0.29, 0.717) is 9.66 Å². The van der Waals surface area contributed by atoms with Gasteiger partial charge >= 0.3 is 0 Å². The van der Waals surface area contributed by atoms with E-state index < -0.39 is 0 Å². The number of H-pyrrole nitrogens is 1. The minimum Gasteiger partial charge on any atom is -0.343 e. The molecular weight excluding hydrogens is 266 g/mol. The monoisotopic (exact) mass is 277 g/mol. The van der Waals surface area contributed by atoms with Crippen LogP contribution in [0.15, 0.2) is 24.3 Å². The second-order valence-corrected chi connectivity index (χ2v) is 5.05. The van der Waals surface area contributed by atoms with Crippen LogP contribution in [-0.2, 0) is 13.0 Å². The van der Waals surface area contributed by atoms with E-state index in [0.717, 1.165) is 36.5 Å². The van der Waals surface area contributed by atoms with Crippen molar-refractivity contribution in [2.45, 2.75) is 13.0 Å². The molecule has 2 aromatic rings. The third kappa shape index (κ3) is 2.07. The summed E-state index contributed by atoms with van der Waals surface area (Å²) >= 11 is 11.5. The molecule has 1 aliphatic rings. The largest absolute Gasteiger partial charge is 0.343 e. The van der Waals surface area contributed by atoms with Gasteiger partial charge in [0, 0.05) is 36.3 Å². The summed E-state index contributed by atoms with van der Waals surface area (Å²) in [4.78, 5) is 7.81. The molecule has 0 atom stereocenters. The Hall–Kier alpha value is -1.23. The minimum atomic E-state index is 0.658. The lowest BCUT2D eigenvalue weighted by atomic mass is 10.1. The average Bonchev–Trinajstić information content (AvgIpc) is 2.39. The fourth-order valence-corrected chi connectivity index (χ4v) is 2.66. The SMILES string of the molecule is S=c1nc(-c2ccccc2Cl)[nH]c2c1CNCC2. The first-order valence-electron chi connectivity index (χ1n) is 5.83. The number of fused-ring (bicyclic) bond motifs is 1. The lowest BCUT2D eigenvalue weighted by Crippen LogP contribution is -2.25. The minimum absolute atomic E-state index is 0.658. The van der Waals surface area contributed by atoms with Gasteiger partial charge in [0.1, 0.15) is 10.5 Å². The number of aromatic nitrogens is 2. The van der Waals surface area contributed by atoms with Crippen molar-refractivity contribution in [3.63, 3.8) is 0 Å². The van der Waals surface area contributed by atoms with Crippen molar-refractivity contribution in [2.24, 2.45) is 0 Å². The van der Waals surface area contributed by atoms with Crippen molar-refractivity contribution >= 4 is 23.8 Å². The van der Waals surface area contributed by atoms with E-state index in [-0.39, 0.29) is 0 Å². The second kappa shape index (κ2) is 4.80. The summed E-state index contributed by atoms with van der Waals surface area (Å²) in [5.41, 5.74) is 3.17. The molecule has 2 heterocycles. The fourth-order valence-electron chi connectivity index (χ4n) is 2.15. The summed E-state index contributed by atoms with van der Waals surface area (Å²) in [5, 5.41) is 3.98. The lowest BCUT2D eigenvalue weighted by Gasteiger charge is -2.17. The quantitative estimate of drug-likeness (QED) is 0.787. The van der Waals surface area contributed by atoms with Crippen LogP contribution in [0.3, 0.4) is 0 Å². The number of halogens is 1. The molecule has 0 spiro atoms. The Labute approximate surface area is 115 Å². The third-order valence-corrected chi connectivity index (χ3v) is 3.75. The van der Waals surface area contributed by atoms with Crippen LogP contribution >= 0.6 is 23.8 Å². The van der Waals surface area contributed by atoms with Crippen LogP contribution in [0.25, 0.3) is 11.4 Å². The van der Waals surface area contributed by atoms with Crippen LogP contribution in [0.5, 0.6) is 0 Å².